The van der Waals surface area contributed by atoms with Gasteiger partial charge >= 0.3 is 0 Å². The number of hydrogen-bond acceptors (Lipinski definition) is 3. The molecule has 4 heteroatoms. The van der Waals surface area contributed by atoms with Gasteiger partial charge in [-0.15, -0.1) is 0 Å². The summed E-state index contributed by atoms with van der Waals surface area (Å²) in [5, 5.41) is 0. The van der Waals surface area contributed by atoms with Gasteiger partial charge < -0.3 is 4.74 Å². The first-order valence-electron chi connectivity index (χ1n) is 7.19. The van der Waals surface area contributed by atoms with E-state index in [1.165, 1.54) is 0 Å². The zero-order valence-electron chi connectivity index (χ0n) is 13.0. The number of nitrogens with zero attached hydrogens (tertiary/aromatic N) is 2. The zero-order valence-corrected chi connectivity index (χ0v) is 14.6. The Morgan fingerprint density at radius 2 is 1.86 bits per heavy atom. The van der Waals surface area contributed by atoms with Crippen LogP contribution < -0.4 is 4.74 Å². The van der Waals surface area contributed by atoms with Crippen LogP contribution in [0.25, 0.3) is 11.3 Å². The highest BCUT2D eigenvalue weighted by atomic mass is 79.9. The Balaban J connectivity index is 2.49. The molecular formula is C17H21BrN2O. The SMILES string of the molecule is CCCOc1ccccc1-c1cc(Br)nc(C(C)(C)C)n1. The van der Waals surface area contributed by atoms with Crippen molar-refractivity contribution in [2.24, 2.45) is 0 Å². The molecule has 0 N–H and O–H groups in total. The second-order valence-corrected chi connectivity index (χ2v) is 6.81. The lowest BCUT2D eigenvalue weighted by Crippen LogP contribution is -2.16. The summed E-state index contributed by atoms with van der Waals surface area (Å²) < 4.78 is 6.62. The molecule has 0 unspecified atom stereocenters. The summed E-state index contributed by atoms with van der Waals surface area (Å²) in [6, 6.07) is 9.93. The summed E-state index contributed by atoms with van der Waals surface area (Å²) >= 11 is 3.49. The molecule has 0 atom stereocenters. The average Bonchev–Trinajstić information content (AvgIpc) is 2.44. The minimum absolute atomic E-state index is 0.0995. The summed E-state index contributed by atoms with van der Waals surface area (Å²) in [7, 11) is 0. The van der Waals surface area contributed by atoms with E-state index in [0.29, 0.717) is 6.61 Å². The van der Waals surface area contributed by atoms with Gasteiger partial charge in [0.25, 0.3) is 0 Å². The number of rotatable bonds is 4. The second kappa shape index (κ2) is 6.56. The minimum atomic E-state index is -0.0995. The molecule has 0 aliphatic rings. The van der Waals surface area contributed by atoms with Gasteiger partial charge in [0, 0.05) is 11.0 Å². The average molecular weight is 349 g/mol. The predicted octanol–water partition coefficient (Wildman–Crippen LogP) is 4.99. The van der Waals surface area contributed by atoms with Gasteiger partial charge in [0.1, 0.15) is 16.2 Å². The fourth-order valence-corrected chi connectivity index (χ4v) is 2.29. The van der Waals surface area contributed by atoms with Crippen molar-refractivity contribution in [2.75, 3.05) is 6.61 Å². The topological polar surface area (TPSA) is 35.0 Å². The standard InChI is InChI=1S/C17H21BrN2O/c1-5-10-21-14-9-7-6-8-12(14)13-11-15(18)20-16(19-13)17(2,3)4/h6-9,11H,5,10H2,1-4H3. The van der Waals surface area contributed by atoms with Gasteiger partial charge in [-0.3, -0.25) is 0 Å². The molecule has 3 nitrogen and oxygen atoms in total. The van der Waals surface area contributed by atoms with Gasteiger partial charge in [0.05, 0.1) is 12.3 Å². The van der Waals surface area contributed by atoms with Crippen molar-refractivity contribution in [1.29, 1.82) is 0 Å². The molecular weight excluding hydrogens is 328 g/mol. The van der Waals surface area contributed by atoms with Crippen LogP contribution in [0.3, 0.4) is 0 Å². The van der Waals surface area contributed by atoms with Crippen molar-refractivity contribution in [3.8, 4) is 17.0 Å². The fourth-order valence-electron chi connectivity index (χ4n) is 1.91. The van der Waals surface area contributed by atoms with Crippen LogP contribution >= 0.6 is 15.9 Å². The second-order valence-electron chi connectivity index (χ2n) is 5.99. The van der Waals surface area contributed by atoms with E-state index in [9.17, 15) is 0 Å². The van der Waals surface area contributed by atoms with E-state index in [2.05, 4.69) is 48.6 Å². The van der Waals surface area contributed by atoms with Crippen LogP contribution in [0.1, 0.15) is 39.9 Å². The third-order valence-corrected chi connectivity index (χ3v) is 3.40. The van der Waals surface area contributed by atoms with Crippen molar-refractivity contribution in [3.05, 3.63) is 40.8 Å². The monoisotopic (exact) mass is 348 g/mol. The lowest BCUT2D eigenvalue weighted by Gasteiger charge is -2.18. The molecule has 0 amide bonds. The maximum atomic E-state index is 5.83. The molecule has 0 spiro atoms. The van der Waals surface area contributed by atoms with Crippen molar-refractivity contribution in [3.63, 3.8) is 0 Å². The van der Waals surface area contributed by atoms with E-state index in [-0.39, 0.29) is 5.41 Å². The quantitative estimate of drug-likeness (QED) is 0.729. The number of para-hydroxylation sites is 1. The first-order valence-corrected chi connectivity index (χ1v) is 7.98. The van der Waals surface area contributed by atoms with Gasteiger partial charge in [-0.25, -0.2) is 9.97 Å². The van der Waals surface area contributed by atoms with Crippen LogP contribution in [0.5, 0.6) is 5.75 Å². The van der Waals surface area contributed by atoms with E-state index in [1.807, 2.05) is 30.3 Å². The molecule has 0 fully saturated rings. The molecule has 1 heterocycles. The zero-order chi connectivity index (χ0) is 15.5. The number of benzene rings is 1. The molecule has 0 bridgehead atoms. The lowest BCUT2D eigenvalue weighted by molar-refractivity contribution is 0.318. The molecule has 2 rings (SSSR count). The van der Waals surface area contributed by atoms with E-state index >= 15 is 0 Å². The summed E-state index contributed by atoms with van der Waals surface area (Å²) in [5.41, 5.74) is 1.78. The number of ether oxygens (including phenoxy) is 1. The number of halogens is 1. The Morgan fingerprint density at radius 1 is 1.14 bits per heavy atom. The Kier molecular flexibility index (Phi) is 4.99. The van der Waals surface area contributed by atoms with Gasteiger partial charge in [0.2, 0.25) is 0 Å². The van der Waals surface area contributed by atoms with Gasteiger partial charge in [-0.1, -0.05) is 39.8 Å². The first kappa shape index (κ1) is 16.0. The van der Waals surface area contributed by atoms with Gasteiger partial charge in [0.15, 0.2) is 0 Å². The molecule has 21 heavy (non-hydrogen) atoms. The summed E-state index contributed by atoms with van der Waals surface area (Å²) in [6.45, 7) is 9.13. The predicted molar refractivity (Wildman–Crippen MR) is 89.7 cm³/mol. The van der Waals surface area contributed by atoms with Crippen LogP contribution in [-0.2, 0) is 5.41 Å². The third kappa shape index (κ3) is 4.03. The van der Waals surface area contributed by atoms with Crippen LogP contribution in [0.2, 0.25) is 0 Å². The highest BCUT2D eigenvalue weighted by Crippen LogP contribution is 2.31. The lowest BCUT2D eigenvalue weighted by atomic mass is 9.95. The molecule has 1 aromatic heterocycles. The van der Waals surface area contributed by atoms with Crippen molar-refractivity contribution < 1.29 is 4.74 Å². The molecule has 0 saturated heterocycles. The summed E-state index contributed by atoms with van der Waals surface area (Å²) in [6.07, 6.45) is 0.981. The van der Waals surface area contributed by atoms with E-state index < -0.39 is 0 Å². The number of aromatic nitrogens is 2. The molecule has 0 radical (unpaired) electrons. The molecule has 0 aliphatic heterocycles. The Morgan fingerprint density at radius 3 is 2.52 bits per heavy atom. The Hall–Kier alpha value is -1.42. The highest BCUT2D eigenvalue weighted by molar-refractivity contribution is 9.10. The first-order chi connectivity index (χ1) is 9.91. The third-order valence-electron chi connectivity index (χ3n) is 2.99. The molecule has 0 aliphatic carbocycles. The van der Waals surface area contributed by atoms with E-state index in [4.69, 9.17) is 9.72 Å². The molecule has 2 aromatic rings. The van der Waals surface area contributed by atoms with Gasteiger partial charge in [-0.05, 0) is 40.5 Å². The fraction of sp³-hybridized carbons (Fsp3) is 0.412. The Bertz CT molecular complexity index is 620. The Labute approximate surface area is 134 Å². The van der Waals surface area contributed by atoms with Crippen LogP contribution in [0.4, 0.5) is 0 Å². The van der Waals surface area contributed by atoms with Crippen LogP contribution in [-0.4, -0.2) is 16.6 Å². The van der Waals surface area contributed by atoms with Crippen molar-refractivity contribution in [2.45, 2.75) is 39.5 Å². The van der Waals surface area contributed by atoms with Crippen molar-refractivity contribution >= 4 is 15.9 Å². The van der Waals surface area contributed by atoms with E-state index in [0.717, 1.165) is 33.9 Å². The molecule has 1 aromatic carbocycles. The largest absolute Gasteiger partial charge is 0.493 e. The smallest absolute Gasteiger partial charge is 0.135 e. The molecule has 0 saturated carbocycles. The van der Waals surface area contributed by atoms with Crippen LogP contribution in [0, 0.1) is 0 Å². The van der Waals surface area contributed by atoms with Crippen LogP contribution in [0.15, 0.2) is 34.9 Å². The van der Waals surface area contributed by atoms with E-state index in [1.54, 1.807) is 0 Å². The number of hydrogen-bond donors (Lipinski definition) is 0. The summed E-state index contributed by atoms with van der Waals surface area (Å²) in [4.78, 5) is 9.21. The maximum Gasteiger partial charge on any atom is 0.135 e. The normalized spacial score (nSPS) is 11.5. The summed E-state index contributed by atoms with van der Waals surface area (Å²) in [5.74, 6) is 1.68. The maximum absolute atomic E-state index is 5.83. The minimum Gasteiger partial charge on any atom is -0.493 e. The highest BCUT2D eigenvalue weighted by Gasteiger charge is 2.20. The molecule has 112 valence electrons. The van der Waals surface area contributed by atoms with Crippen molar-refractivity contribution in [1.82, 2.24) is 9.97 Å². The van der Waals surface area contributed by atoms with Gasteiger partial charge in [-0.2, -0.15) is 0 Å².